The molecule has 26 heavy (non-hydrogen) atoms. The Morgan fingerprint density at radius 2 is 1.81 bits per heavy atom. The summed E-state index contributed by atoms with van der Waals surface area (Å²) in [5.74, 6) is 1.14. The highest BCUT2D eigenvalue weighted by Gasteiger charge is 2.34. The van der Waals surface area contributed by atoms with Gasteiger partial charge >= 0.3 is 0 Å². The number of amides is 1. The number of benzene rings is 2. The number of hydrogen-bond donors (Lipinski definition) is 0. The Balaban J connectivity index is 1.55. The van der Waals surface area contributed by atoms with Gasteiger partial charge in [0.2, 0.25) is 5.91 Å². The zero-order valence-corrected chi connectivity index (χ0v) is 15.2. The van der Waals surface area contributed by atoms with Crippen molar-refractivity contribution >= 4 is 11.6 Å². The minimum atomic E-state index is -0.0490. The molecule has 0 N–H and O–H groups in total. The molecular weight excluding hydrogens is 326 g/mol. The van der Waals surface area contributed by atoms with E-state index < -0.39 is 0 Å². The van der Waals surface area contributed by atoms with E-state index in [2.05, 4.69) is 36.1 Å². The predicted octanol–water partition coefficient (Wildman–Crippen LogP) is 4.18. The van der Waals surface area contributed by atoms with Crippen LogP contribution in [0.5, 0.6) is 0 Å². The predicted molar refractivity (Wildman–Crippen MR) is 100 cm³/mol. The van der Waals surface area contributed by atoms with Crippen LogP contribution in [0, 0.1) is 20.8 Å². The molecule has 1 fully saturated rings. The van der Waals surface area contributed by atoms with Gasteiger partial charge in [0.25, 0.3) is 5.89 Å². The fourth-order valence-corrected chi connectivity index (χ4v) is 3.24. The van der Waals surface area contributed by atoms with E-state index in [0.717, 1.165) is 11.3 Å². The Morgan fingerprint density at radius 1 is 1.04 bits per heavy atom. The van der Waals surface area contributed by atoms with E-state index in [1.54, 1.807) is 0 Å². The van der Waals surface area contributed by atoms with Crippen LogP contribution in [0.25, 0.3) is 11.5 Å². The van der Waals surface area contributed by atoms with Gasteiger partial charge in [-0.2, -0.15) is 4.98 Å². The smallest absolute Gasteiger partial charge is 0.257 e. The zero-order valence-electron chi connectivity index (χ0n) is 15.2. The van der Waals surface area contributed by atoms with Crippen LogP contribution in [0.4, 0.5) is 5.69 Å². The van der Waals surface area contributed by atoms with Crippen molar-refractivity contribution in [1.29, 1.82) is 0 Å². The van der Waals surface area contributed by atoms with Gasteiger partial charge in [-0.3, -0.25) is 4.79 Å². The summed E-state index contributed by atoms with van der Waals surface area (Å²) < 4.78 is 5.42. The van der Waals surface area contributed by atoms with Crippen molar-refractivity contribution in [3.8, 4) is 11.5 Å². The monoisotopic (exact) mass is 347 g/mol. The van der Waals surface area contributed by atoms with Gasteiger partial charge in [0.05, 0.1) is 0 Å². The first-order valence-corrected chi connectivity index (χ1v) is 8.79. The maximum atomic E-state index is 12.5. The van der Waals surface area contributed by atoms with Crippen LogP contribution in [0.1, 0.15) is 34.9 Å². The highest BCUT2D eigenvalue weighted by atomic mass is 16.5. The summed E-state index contributed by atoms with van der Waals surface area (Å²) in [7, 11) is 0. The van der Waals surface area contributed by atoms with Gasteiger partial charge in [0.1, 0.15) is 0 Å². The molecular formula is C21H21N3O2. The van der Waals surface area contributed by atoms with Crippen LogP contribution in [-0.4, -0.2) is 22.6 Å². The number of rotatable bonds is 3. The number of nitrogens with zero attached hydrogens (tertiary/aromatic N) is 3. The lowest BCUT2D eigenvalue weighted by atomic mass is 10.1. The second kappa shape index (κ2) is 6.41. The Hall–Kier alpha value is -2.95. The van der Waals surface area contributed by atoms with E-state index in [0.29, 0.717) is 24.7 Å². The maximum absolute atomic E-state index is 12.5. The van der Waals surface area contributed by atoms with Gasteiger partial charge in [-0.1, -0.05) is 28.9 Å². The lowest BCUT2D eigenvalue weighted by Gasteiger charge is -2.17. The minimum Gasteiger partial charge on any atom is -0.334 e. The number of anilines is 1. The molecule has 2 aromatic carbocycles. The van der Waals surface area contributed by atoms with Crippen molar-refractivity contribution in [2.45, 2.75) is 33.1 Å². The first kappa shape index (κ1) is 16.5. The molecule has 3 aromatic rings. The summed E-state index contributed by atoms with van der Waals surface area (Å²) in [6.45, 7) is 6.74. The molecule has 4 rings (SSSR count). The summed E-state index contributed by atoms with van der Waals surface area (Å²) in [5.41, 5.74) is 5.41. The summed E-state index contributed by atoms with van der Waals surface area (Å²) >= 11 is 0. The number of hydrogen-bond acceptors (Lipinski definition) is 4. The average molecular weight is 347 g/mol. The van der Waals surface area contributed by atoms with Crippen molar-refractivity contribution in [2.24, 2.45) is 0 Å². The van der Waals surface area contributed by atoms with E-state index in [1.807, 2.05) is 42.2 Å². The molecule has 5 heteroatoms. The maximum Gasteiger partial charge on any atom is 0.257 e. The number of aromatic nitrogens is 2. The topological polar surface area (TPSA) is 59.2 Å². The summed E-state index contributed by atoms with van der Waals surface area (Å²) in [6.07, 6.45) is 0.403. The second-order valence-corrected chi connectivity index (χ2v) is 7.00. The highest BCUT2D eigenvalue weighted by Crippen LogP contribution is 2.32. The van der Waals surface area contributed by atoms with Gasteiger partial charge in [-0.25, -0.2) is 0 Å². The van der Waals surface area contributed by atoms with Crippen molar-refractivity contribution in [2.75, 3.05) is 11.4 Å². The zero-order chi connectivity index (χ0) is 18.3. The van der Waals surface area contributed by atoms with Crippen molar-refractivity contribution < 1.29 is 9.32 Å². The summed E-state index contributed by atoms with van der Waals surface area (Å²) in [5, 5.41) is 4.13. The Kier molecular flexibility index (Phi) is 4.07. The molecule has 1 aliphatic rings. The number of carbonyl (C=O) groups is 1. The van der Waals surface area contributed by atoms with Crippen LogP contribution < -0.4 is 4.90 Å². The number of aryl methyl sites for hydroxylation is 3. The normalized spacial score (nSPS) is 17.1. The molecule has 1 amide bonds. The SMILES string of the molecule is Cc1ccc(-c2nc(C3CC(=O)N(c4ccc(C)c(C)c4)C3)no2)cc1. The first-order valence-electron chi connectivity index (χ1n) is 8.79. The molecule has 1 atom stereocenters. The standard InChI is InChI=1S/C21H21N3O2/c1-13-4-7-16(8-5-13)21-22-20(23-26-21)17-11-19(25)24(12-17)18-9-6-14(2)15(3)10-18/h4-10,17H,11-12H2,1-3H3. The van der Waals surface area contributed by atoms with Crippen LogP contribution >= 0.6 is 0 Å². The lowest BCUT2D eigenvalue weighted by Crippen LogP contribution is -2.24. The third-order valence-corrected chi connectivity index (χ3v) is 5.03. The largest absolute Gasteiger partial charge is 0.334 e. The van der Waals surface area contributed by atoms with Gasteiger partial charge in [0, 0.05) is 30.1 Å². The summed E-state index contributed by atoms with van der Waals surface area (Å²) in [6, 6.07) is 14.1. The van der Waals surface area contributed by atoms with Crippen LogP contribution in [-0.2, 0) is 4.79 Å². The van der Waals surface area contributed by atoms with Crippen molar-refractivity contribution in [3.05, 3.63) is 65.0 Å². The fourth-order valence-electron chi connectivity index (χ4n) is 3.24. The molecule has 1 saturated heterocycles. The van der Waals surface area contributed by atoms with Crippen molar-refractivity contribution in [3.63, 3.8) is 0 Å². The van der Waals surface area contributed by atoms with Crippen molar-refractivity contribution in [1.82, 2.24) is 10.1 Å². The molecule has 0 bridgehead atoms. The van der Waals surface area contributed by atoms with E-state index >= 15 is 0 Å². The Morgan fingerprint density at radius 3 is 2.54 bits per heavy atom. The highest BCUT2D eigenvalue weighted by molar-refractivity contribution is 5.96. The molecule has 0 saturated carbocycles. The Labute approximate surface area is 152 Å². The van der Waals surface area contributed by atoms with Crippen LogP contribution in [0.3, 0.4) is 0 Å². The van der Waals surface area contributed by atoms with Gasteiger partial charge in [0.15, 0.2) is 5.82 Å². The molecule has 2 heterocycles. The van der Waals surface area contributed by atoms with E-state index in [1.165, 1.54) is 16.7 Å². The fraction of sp³-hybridized carbons (Fsp3) is 0.286. The summed E-state index contributed by atoms with van der Waals surface area (Å²) in [4.78, 5) is 18.9. The van der Waals surface area contributed by atoms with Gasteiger partial charge in [-0.05, 0) is 56.2 Å². The molecule has 1 unspecified atom stereocenters. The van der Waals surface area contributed by atoms with E-state index in [4.69, 9.17) is 4.52 Å². The van der Waals surface area contributed by atoms with Gasteiger partial charge < -0.3 is 9.42 Å². The number of carbonyl (C=O) groups excluding carboxylic acids is 1. The molecule has 1 aliphatic heterocycles. The molecule has 0 radical (unpaired) electrons. The molecule has 0 spiro atoms. The molecule has 132 valence electrons. The minimum absolute atomic E-state index is 0.0490. The Bertz CT molecular complexity index is 960. The third-order valence-electron chi connectivity index (χ3n) is 5.03. The van der Waals surface area contributed by atoms with Crippen LogP contribution in [0.2, 0.25) is 0 Å². The quantitative estimate of drug-likeness (QED) is 0.713. The van der Waals surface area contributed by atoms with E-state index in [-0.39, 0.29) is 11.8 Å². The van der Waals surface area contributed by atoms with Crippen LogP contribution in [0.15, 0.2) is 47.0 Å². The van der Waals surface area contributed by atoms with E-state index in [9.17, 15) is 4.79 Å². The molecule has 5 nitrogen and oxygen atoms in total. The van der Waals surface area contributed by atoms with Gasteiger partial charge in [-0.15, -0.1) is 0 Å². The first-order chi connectivity index (χ1) is 12.5. The second-order valence-electron chi connectivity index (χ2n) is 7.00. The molecule has 1 aromatic heterocycles. The average Bonchev–Trinajstić information content (AvgIpc) is 3.25. The lowest BCUT2D eigenvalue weighted by molar-refractivity contribution is -0.117. The third kappa shape index (κ3) is 3.01. The molecule has 0 aliphatic carbocycles.